The Balaban J connectivity index is 1.66. The van der Waals surface area contributed by atoms with Crippen molar-refractivity contribution in [1.29, 1.82) is 0 Å². The van der Waals surface area contributed by atoms with Crippen molar-refractivity contribution in [2.45, 2.75) is 57.5 Å². The number of hydrogen-bond acceptors (Lipinski definition) is 8. The summed E-state index contributed by atoms with van der Waals surface area (Å²) in [6, 6.07) is 16.1. The Labute approximate surface area is 265 Å². The normalized spacial score (nSPS) is 24.1. The average molecular weight is 618 g/mol. The van der Waals surface area contributed by atoms with Crippen LogP contribution in [0.3, 0.4) is 0 Å². The van der Waals surface area contributed by atoms with Gasteiger partial charge in [-0.25, -0.2) is 0 Å². The molecule has 45 heavy (non-hydrogen) atoms. The molecule has 1 fully saturated rings. The van der Waals surface area contributed by atoms with Gasteiger partial charge in [-0.05, 0) is 72.7 Å². The van der Waals surface area contributed by atoms with Crippen molar-refractivity contribution in [3.8, 4) is 23.0 Å². The van der Waals surface area contributed by atoms with Crippen LogP contribution in [0.1, 0.15) is 55.9 Å². The van der Waals surface area contributed by atoms with Gasteiger partial charge in [0.1, 0.15) is 29.6 Å². The van der Waals surface area contributed by atoms with Crippen LogP contribution in [0.5, 0.6) is 23.0 Å². The first-order chi connectivity index (χ1) is 21.4. The number of nitrogens with one attached hydrogen (secondary N) is 1. The van der Waals surface area contributed by atoms with Crippen LogP contribution in [0.15, 0.2) is 60.7 Å². The highest BCUT2D eigenvalue weighted by molar-refractivity contribution is 6.00. The van der Waals surface area contributed by atoms with Gasteiger partial charge >= 0.3 is 0 Å². The van der Waals surface area contributed by atoms with E-state index in [1.807, 2.05) is 30.4 Å². The molecule has 3 aromatic rings. The Hall–Kier alpha value is -4.05. The molecule has 0 aliphatic carbocycles. The zero-order valence-corrected chi connectivity index (χ0v) is 27.1. The van der Waals surface area contributed by atoms with Crippen LogP contribution < -0.4 is 24.3 Å². The number of methoxy groups -OCH3 is 4. The monoisotopic (exact) mass is 617 g/mol. The van der Waals surface area contributed by atoms with Gasteiger partial charge in [-0.1, -0.05) is 38.1 Å². The molecule has 9 heteroatoms. The second kappa shape index (κ2) is 12.7. The Morgan fingerprint density at radius 1 is 0.911 bits per heavy atom. The van der Waals surface area contributed by atoms with Gasteiger partial charge in [-0.3, -0.25) is 4.79 Å². The quantitative estimate of drug-likeness (QED) is 0.281. The van der Waals surface area contributed by atoms with Crippen LogP contribution >= 0.6 is 0 Å². The fourth-order valence-electron chi connectivity index (χ4n) is 5.90. The summed E-state index contributed by atoms with van der Waals surface area (Å²) in [5, 5.41) is 15.6. The van der Waals surface area contributed by atoms with Crippen molar-refractivity contribution in [2.24, 2.45) is 5.41 Å². The molecule has 0 spiro atoms. The third kappa shape index (κ3) is 6.52. The summed E-state index contributed by atoms with van der Waals surface area (Å²) in [5.41, 5.74) is 0.488. The third-order valence-corrected chi connectivity index (χ3v) is 8.71. The fraction of sp³-hybridized carbons (Fsp3) is 0.417. The maximum Gasteiger partial charge on any atom is 0.257 e. The summed E-state index contributed by atoms with van der Waals surface area (Å²) in [7, 11) is 6.15. The number of benzene rings is 3. The molecule has 1 saturated heterocycles. The molecule has 3 atom stereocenters. The number of carbonyl (C=O) groups is 1. The highest BCUT2D eigenvalue weighted by Crippen LogP contribution is 2.49. The average Bonchev–Trinajstić information content (AvgIpc) is 3.04. The molecule has 2 N–H and O–H groups in total. The Morgan fingerprint density at radius 3 is 2.16 bits per heavy atom. The Bertz CT molecular complexity index is 1530. The van der Waals surface area contributed by atoms with E-state index >= 15 is 0 Å². The fourth-order valence-corrected chi connectivity index (χ4v) is 5.90. The van der Waals surface area contributed by atoms with E-state index in [0.29, 0.717) is 52.0 Å². The second-order valence-electron chi connectivity index (χ2n) is 12.6. The molecule has 2 aliphatic heterocycles. The predicted octanol–water partition coefficient (Wildman–Crippen LogP) is 6.10. The molecule has 3 aromatic carbocycles. The van der Waals surface area contributed by atoms with Gasteiger partial charge in [0.25, 0.3) is 5.91 Å². The molecule has 0 aromatic heterocycles. The van der Waals surface area contributed by atoms with Crippen molar-refractivity contribution in [2.75, 3.05) is 40.4 Å². The van der Waals surface area contributed by atoms with E-state index in [-0.39, 0.29) is 12.0 Å². The minimum Gasteiger partial charge on any atom is -0.497 e. The molecule has 240 valence electrons. The number of amides is 1. The van der Waals surface area contributed by atoms with Gasteiger partial charge < -0.3 is 38.8 Å². The van der Waals surface area contributed by atoms with E-state index in [1.54, 1.807) is 57.7 Å². The summed E-state index contributed by atoms with van der Waals surface area (Å²) in [5.74, 6) is 1.78. The zero-order chi connectivity index (χ0) is 32.4. The third-order valence-electron chi connectivity index (χ3n) is 8.71. The molecule has 9 nitrogen and oxygen atoms in total. The van der Waals surface area contributed by atoms with Crippen LogP contribution in [0, 0.1) is 5.41 Å². The number of hydrogen-bond donors (Lipinski definition) is 2. The van der Waals surface area contributed by atoms with E-state index in [2.05, 4.69) is 26.1 Å². The maximum atomic E-state index is 13.3. The van der Waals surface area contributed by atoms with Gasteiger partial charge in [0.15, 0.2) is 11.7 Å². The molecule has 0 saturated carbocycles. The molecule has 1 amide bonds. The topological polar surface area (TPSA) is 105 Å². The van der Waals surface area contributed by atoms with E-state index in [9.17, 15) is 9.90 Å². The Morgan fingerprint density at radius 2 is 1.58 bits per heavy atom. The van der Waals surface area contributed by atoms with Gasteiger partial charge in [0.2, 0.25) is 0 Å². The van der Waals surface area contributed by atoms with E-state index in [0.717, 1.165) is 18.4 Å². The number of carbonyl (C=O) groups excluding carboxylic acids is 1. The lowest BCUT2D eigenvalue weighted by Gasteiger charge is -2.41. The van der Waals surface area contributed by atoms with E-state index in [1.165, 1.54) is 7.11 Å². The molecule has 2 heterocycles. The van der Waals surface area contributed by atoms with Crippen LogP contribution in [0.4, 0.5) is 5.69 Å². The number of ether oxygens (including phenoxy) is 6. The van der Waals surface area contributed by atoms with Gasteiger partial charge in [-0.2, -0.15) is 0 Å². The molecule has 2 aliphatic rings. The molecular weight excluding hydrogens is 574 g/mol. The zero-order valence-electron chi connectivity index (χ0n) is 27.1. The minimum absolute atomic E-state index is 0.119. The number of aliphatic hydroxyl groups is 1. The van der Waals surface area contributed by atoms with Crippen molar-refractivity contribution < 1.29 is 38.3 Å². The first-order valence-electron chi connectivity index (χ1n) is 15.0. The second-order valence-corrected chi connectivity index (χ2v) is 12.6. The van der Waals surface area contributed by atoms with Gasteiger partial charge in [0.05, 0.1) is 44.8 Å². The van der Waals surface area contributed by atoms with Crippen LogP contribution in [0.25, 0.3) is 6.08 Å². The standard InChI is InChI=1S/C36H43NO8/c1-34(2)16-17-35(3,45-22-34)15-14-24-8-13-29-30(31(24)44-21-23-18-27(41-5)20-28(19-23)42-6)36(39,32(43-7)33(38)37-29)25-9-11-26(40-4)12-10-25/h8-15,18-20,32,39H,16-17,21-22H2,1-7H3,(H,37,38)/b15-14+. The highest BCUT2D eigenvalue weighted by Gasteiger charge is 2.52. The number of anilines is 1. The summed E-state index contributed by atoms with van der Waals surface area (Å²) in [6.45, 7) is 7.27. The van der Waals surface area contributed by atoms with Gasteiger partial charge in [-0.15, -0.1) is 0 Å². The van der Waals surface area contributed by atoms with E-state index in [4.69, 9.17) is 28.4 Å². The predicted molar refractivity (Wildman–Crippen MR) is 172 cm³/mol. The summed E-state index contributed by atoms with van der Waals surface area (Å²) >= 11 is 0. The molecular formula is C36H43NO8. The maximum absolute atomic E-state index is 13.3. The molecule has 3 unspecified atom stereocenters. The smallest absolute Gasteiger partial charge is 0.257 e. The minimum atomic E-state index is -1.90. The molecule has 0 bridgehead atoms. The van der Waals surface area contributed by atoms with Crippen molar-refractivity contribution in [1.82, 2.24) is 0 Å². The molecule has 0 radical (unpaired) electrons. The van der Waals surface area contributed by atoms with Crippen LogP contribution in [-0.4, -0.2) is 57.8 Å². The first kappa shape index (κ1) is 32.3. The van der Waals surface area contributed by atoms with Crippen molar-refractivity contribution in [3.05, 3.63) is 82.9 Å². The largest absolute Gasteiger partial charge is 0.497 e. The van der Waals surface area contributed by atoms with Gasteiger partial charge in [0, 0.05) is 18.7 Å². The lowest BCUT2D eigenvalue weighted by Crippen LogP contribution is -2.53. The van der Waals surface area contributed by atoms with Crippen molar-refractivity contribution in [3.63, 3.8) is 0 Å². The highest BCUT2D eigenvalue weighted by atomic mass is 16.5. The molecule has 5 rings (SSSR count). The van der Waals surface area contributed by atoms with Crippen LogP contribution in [-0.2, 0) is 26.5 Å². The lowest BCUT2D eigenvalue weighted by molar-refractivity contribution is -0.142. The number of rotatable bonds is 10. The number of fused-ring (bicyclic) bond motifs is 1. The first-order valence-corrected chi connectivity index (χ1v) is 15.0. The van der Waals surface area contributed by atoms with E-state index < -0.39 is 23.2 Å². The lowest BCUT2D eigenvalue weighted by atomic mass is 9.76. The SMILES string of the molecule is COc1ccc(C2(O)c3c(ccc(/C=C/C4(C)CCC(C)(C)CO4)c3OCc3cc(OC)cc(OC)c3)NC(=O)C2OC)cc1. The summed E-state index contributed by atoms with van der Waals surface area (Å²) in [6.07, 6.45) is 4.63. The summed E-state index contributed by atoms with van der Waals surface area (Å²) < 4.78 is 34.9. The Kier molecular flexibility index (Phi) is 9.16. The van der Waals surface area contributed by atoms with Crippen LogP contribution in [0.2, 0.25) is 0 Å². The van der Waals surface area contributed by atoms with Crippen molar-refractivity contribution >= 4 is 17.7 Å². The summed E-state index contributed by atoms with van der Waals surface area (Å²) in [4.78, 5) is 13.3.